The predicted octanol–water partition coefficient (Wildman–Crippen LogP) is 3.02. The van der Waals surface area contributed by atoms with Crippen molar-refractivity contribution < 1.29 is 19.4 Å². The third-order valence-electron chi connectivity index (χ3n) is 4.59. The highest BCUT2D eigenvalue weighted by molar-refractivity contribution is 7.99. The topological polar surface area (TPSA) is 66.8 Å². The van der Waals surface area contributed by atoms with Crippen LogP contribution < -0.4 is 0 Å². The summed E-state index contributed by atoms with van der Waals surface area (Å²) in [5.41, 5.74) is 0. The minimum absolute atomic E-state index is 0.0664. The number of ether oxygens (including phenoxy) is 1. The Hall–Kier alpha value is -1.45. The highest BCUT2D eigenvalue weighted by atomic mass is 32.2. The number of rotatable bonds is 11. The lowest BCUT2D eigenvalue weighted by Gasteiger charge is -2.23. The SMILES string of the molecule is CCC#CC[C@H](C)[C@H](O)C=C[C@H]1CCC(=O)N1CCSCCCC(=O)OC. The lowest BCUT2D eigenvalue weighted by molar-refractivity contribution is -0.140. The number of nitrogens with zero attached hydrogens (tertiary/aromatic N) is 1. The largest absolute Gasteiger partial charge is 0.469 e. The first kappa shape index (κ1) is 23.6. The average Bonchev–Trinajstić information content (AvgIpc) is 3.02. The van der Waals surface area contributed by atoms with Crippen molar-refractivity contribution in [2.24, 2.45) is 5.92 Å². The highest BCUT2D eigenvalue weighted by Gasteiger charge is 2.28. The summed E-state index contributed by atoms with van der Waals surface area (Å²) >= 11 is 1.75. The molecule has 1 N–H and O–H groups in total. The average molecular weight is 396 g/mol. The lowest BCUT2D eigenvalue weighted by Crippen LogP contribution is -2.34. The summed E-state index contributed by atoms with van der Waals surface area (Å²) < 4.78 is 4.62. The number of thioether (sulfide) groups is 1. The second-order valence-corrected chi connectivity index (χ2v) is 7.97. The molecule has 152 valence electrons. The number of hydrogen-bond acceptors (Lipinski definition) is 5. The molecule has 0 saturated carbocycles. The summed E-state index contributed by atoms with van der Waals surface area (Å²) in [5.74, 6) is 7.91. The van der Waals surface area contributed by atoms with Gasteiger partial charge in [0, 0.05) is 38.0 Å². The molecule has 0 radical (unpaired) electrons. The molecule has 5 nitrogen and oxygen atoms in total. The van der Waals surface area contributed by atoms with Crippen molar-refractivity contribution in [2.75, 3.05) is 25.2 Å². The number of likely N-dealkylation sites (tertiary alicyclic amines) is 1. The van der Waals surface area contributed by atoms with Crippen LogP contribution in [0.4, 0.5) is 0 Å². The van der Waals surface area contributed by atoms with Crippen LogP contribution in [0.15, 0.2) is 12.2 Å². The second kappa shape index (κ2) is 13.7. The Morgan fingerprint density at radius 3 is 2.93 bits per heavy atom. The van der Waals surface area contributed by atoms with E-state index in [0.717, 1.165) is 30.8 Å². The van der Waals surface area contributed by atoms with Gasteiger partial charge in [0.15, 0.2) is 0 Å². The molecule has 1 aliphatic rings. The molecular weight excluding hydrogens is 362 g/mol. The van der Waals surface area contributed by atoms with E-state index in [-0.39, 0.29) is 23.8 Å². The van der Waals surface area contributed by atoms with Crippen molar-refractivity contribution in [2.45, 2.75) is 64.5 Å². The van der Waals surface area contributed by atoms with Gasteiger partial charge in [-0.2, -0.15) is 11.8 Å². The van der Waals surface area contributed by atoms with E-state index in [9.17, 15) is 14.7 Å². The van der Waals surface area contributed by atoms with E-state index in [4.69, 9.17) is 0 Å². The van der Waals surface area contributed by atoms with Gasteiger partial charge in [0.25, 0.3) is 0 Å². The van der Waals surface area contributed by atoms with E-state index in [0.29, 0.717) is 25.8 Å². The lowest BCUT2D eigenvalue weighted by atomic mass is 10.00. The molecular formula is C21H33NO4S. The van der Waals surface area contributed by atoms with Crippen LogP contribution in [0.1, 0.15) is 52.4 Å². The Kier molecular flexibility index (Phi) is 12.0. The standard InChI is InChI=1S/C21H33NO4S/c1-4-5-6-8-17(2)19(23)12-10-18-11-13-20(24)22(18)14-16-27-15-7-9-21(25)26-3/h10,12,17-19,23H,4,7-9,11,13-16H2,1-3H3/t17-,18-,19+/m0/s1. The maximum Gasteiger partial charge on any atom is 0.305 e. The van der Waals surface area contributed by atoms with Gasteiger partial charge in [0.2, 0.25) is 5.91 Å². The van der Waals surface area contributed by atoms with Crippen LogP contribution in [-0.2, 0) is 14.3 Å². The molecule has 3 atom stereocenters. The third kappa shape index (κ3) is 9.34. The molecule has 1 fully saturated rings. The van der Waals surface area contributed by atoms with Crippen molar-refractivity contribution in [1.82, 2.24) is 4.90 Å². The van der Waals surface area contributed by atoms with Crippen molar-refractivity contribution in [3.05, 3.63) is 12.2 Å². The second-order valence-electron chi connectivity index (χ2n) is 6.75. The number of methoxy groups -OCH3 is 1. The van der Waals surface area contributed by atoms with E-state index < -0.39 is 6.10 Å². The molecule has 1 rings (SSSR count). The fraction of sp³-hybridized carbons (Fsp3) is 0.714. The summed E-state index contributed by atoms with van der Waals surface area (Å²) in [6.45, 7) is 4.70. The van der Waals surface area contributed by atoms with Crippen LogP contribution >= 0.6 is 11.8 Å². The fourth-order valence-corrected chi connectivity index (χ4v) is 3.72. The van der Waals surface area contributed by atoms with Crippen LogP contribution in [0.3, 0.4) is 0 Å². The van der Waals surface area contributed by atoms with Crippen molar-refractivity contribution in [3.63, 3.8) is 0 Å². The van der Waals surface area contributed by atoms with E-state index >= 15 is 0 Å². The Balaban J connectivity index is 2.37. The number of esters is 1. The number of aliphatic hydroxyl groups is 1. The van der Waals surface area contributed by atoms with Crippen molar-refractivity contribution in [3.8, 4) is 11.8 Å². The zero-order chi connectivity index (χ0) is 20.1. The molecule has 27 heavy (non-hydrogen) atoms. The van der Waals surface area contributed by atoms with Crippen LogP contribution in [0.25, 0.3) is 0 Å². The van der Waals surface area contributed by atoms with Gasteiger partial charge in [-0.15, -0.1) is 11.8 Å². The molecule has 1 aliphatic heterocycles. The Labute approximate surface area is 167 Å². The van der Waals surface area contributed by atoms with E-state index in [1.807, 2.05) is 30.9 Å². The molecule has 0 spiro atoms. The van der Waals surface area contributed by atoms with Crippen LogP contribution in [0, 0.1) is 17.8 Å². The summed E-state index contributed by atoms with van der Waals surface area (Å²) in [5, 5.41) is 10.3. The molecule has 0 aromatic carbocycles. The highest BCUT2D eigenvalue weighted by Crippen LogP contribution is 2.21. The summed E-state index contributed by atoms with van der Waals surface area (Å²) in [7, 11) is 1.40. The maximum absolute atomic E-state index is 12.1. The third-order valence-corrected chi connectivity index (χ3v) is 5.64. The zero-order valence-corrected chi connectivity index (χ0v) is 17.6. The summed E-state index contributed by atoms with van der Waals surface area (Å²) in [4.78, 5) is 25.1. The predicted molar refractivity (Wildman–Crippen MR) is 110 cm³/mol. The van der Waals surface area contributed by atoms with Gasteiger partial charge in [-0.1, -0.05) is 26.0 Å². The van der Waals surface area contributed by atoms with Crippen LogP contribution in [0.2, 0.25) is 0 Å². The van der Waals surface area contributed by atoms with Gasteiger partial charge in [-0.3, -0.25) is 9.59 Å². The van der Waals surface area contributed by atoms with Gasteiger partial charge >= 0.3 is 5.97 Å². The summed E-state index contributed by atoms with van der Waals surface area (Å²) in [6.07, 6.45) is 7.36. The van der Waals surface area contributed by atoms with Gasteiger partial charge in [0.05, 0.1) is 19.3 Å². The molecule has 0 aromatic rings. The van der Waals surface area contributed by atoms with E-state index in [1.54, 1.807) is 11.8 Å². The fourth-order valence-electron chi connectivity index (χ4n) is 2.84. The Bertz CT molecular complexity index is 552. The Morgan fingerprint density at radius 1 is 1.44 bits per heavy atom. The van der Waals surface area contributed by atoms with Crippen molar-refractivity contribution in [1.29, 1.82) is 0 Å². The zero-order valence-electron chi connectivity index (χ0n) is 16.8. The van der Waals surface area contributed by atoms with Gasteiger partial charge in [-0.05, 0) is 24.5 Å². The molecule has 1 heterocycles. The minimum atomic E-state index is -0.540. The van der Waals surface area contributed by atoms with E-state index in [2.05, 4.69) is 16.6 Å². The molecule has 0 bridgehead atoms. The summed E-state index contributed by atoms with van der Waals surface area (Å²) in [6, 6.07) is 0.0664. The van der Waals surface area contributed by atoms with Crippen molar-refractivity contribution >= 4 is 23.6 Å². The number of amides is 1. The van der Waals surface area contributed by atoms with Gasteiger partial charge in [0.1, 0.15) is 0 Å². The number of carbonyl (C=O) groups is 2. The first-order chi connectivity index (χ1) is 13.0. The van der Waals surface area contributed by atoms with Gasteiger partial charge in [-0.25, -0.2) is 0 Å². The molecule has 0 aliphatic carbocycles. The van der Waals surface area contributed by atoms with Crippen LogP contribution in [0.5, 0.6) is 0 Å². The monoisotopic (exact) mass is 395 g/mol. The Morgan fingerprint density at radius 2 is 2.22 bits per heavy atom. The number of hydrogen-bond donors (Lipinski definition) is 1. The normalized spacial score (nSPS) is 19.0. The first-order valence-electron chi connectivity index (χ1n) is 9.75. The molecule has 0 unspecified atom stereocenters. The molecule has 1 saturated heterocycles. The maximum atomic E-state index is 12.1. The molecule has 1 amide bonds. The molecule has 0 aromatic heterocycles. The molecule has 6 heteroatoms. The minimum Gasteiger partial charge on any atom is -0.469 e. The quantitative estimate of drug-likeness (QED) is 0.252. The number of aliphatic hydroxyl groups excluding tert-OH is 1. The van der Waals surface area contributed by atoms with E-state index in [1.165, 1.54) is 7.11 Å². The smallest absolute Gasteiger partial charge is 0.305 e. The van der Waals surface area contributed by atoms with Crippen LogP contribution in [-0.4, -0.2) is 59.2 Å². The van der Waals surface area contributed by atoms with Gasteiger partial charge < -0.3 is 14.7 Å². The number of carbonyl (C=O) groups excluding carboxylic acids is 2. The first-order valence-corrected chi connectivity index (χ1v) is 10.9.